The molecule has 0 saturated carbocycles. The topological polar surface area (TPSA) is 77.2 Å². The van der Waals surface area contributed by atoms with E-state index in [0.29, 0.717) is 22.6 Å². The highest BCUT2D eigenvalue weighted by atomic mass is 79.9. The summed E-state index contributed by atoms with van der Waals surface area (Å²) in [5.74, 6) is 0.544. The van der Waals surface area contributed by atoms with Crippen molar-refractivity contribution in [2.24, 2.45) is 5.92 Å². The smallest absolute Gasteiger partial charge is 0.254 e. The van der Waals surface area contributed by atoms with Crippen LogP contribution in [0.15, 0.2) is 16.7 Å². The first-order chi connectivity index (χ1) is 8.08. The lowest BCUT2D eigenvalue weighted by molar-refractivity contribution is -0.126. The van der Waals surface area contributed by atoms with Crippen LogP contribution in [-0.2, 0) is 9.53 Å². The van der Waals surface area contributed by atoms with Crippen LogP contribution in [0, 0.1) is 5.92 Å². The maximum atomic E-state index is 11.9. The van der Waals surface area contributed by atoms with E-state index in [4.69, 9.17) is 10.5 Å². The number of hydrogen-bond donors (Lipinski definition) is 2. The monoisotopic (exact) mass is 299 g/mol. The highest BCUT2D eigenvalue weighted by Crippen LogP contribution is 2.25. The molecule has 0 bridgehead atoms. The van der Waals surface area contributed by atoms with Gasteiger partial charge in [0.05, 0.1) is 16.4 Å². The summed E-state index contributed by atoms with van der Waals surface area (Å²) in [6, 6.07) is 1.70. The quantitative estimate of drug-likeness (QED) is 0.873. The van der Waals surface area contributed by atoms with Crippen LogP contribution in [0.3, 0.4) is 0 Å². The van der Waals surface area contributed by atoms with Crippen molar-refractivity contribution in [3.63, 3.8) is 0 Å². The van der Waals surface area contributed by atoms with Crippen molar-refractivity contribution < 1.29 is 9.53 Å². The number of nitrogens with two attached hydrogens (primary N) is 1. The van der Waals surface area contributed by atoms with Crippen molar-refractivity contribution in [1.82, 2.24) is 4.98 Å². The first-order valence-electron chi connectivity index (χ1n) is 5.41. The number of carbonyl (C=O) groups is 1. The molecule has 1 aliphatic heterocycles. The molecule has 1 aliphatic rings. The van der Waals surface area contributed by atoms with Crippen molar-refractivity contribution >= 4 is 33.3 Å². The molecule has 2 heterocycles. The zero-order chi connectivity index (χ0) is 12.4. The molecule has 1 fully saturated rings. The second kappa shape index (κ2) is 5.01. The van der Waals surface area contributed by atoms with Crippen LogP contribution >= 0.6 is 15.9 Å². The van der Waals surface area contributed by atoms with Crippen molar-refractivity contribution in [3.8, 4) is 0 Å². The fourth-order valence-corrected chi connectivity index (χ4v) is 2.23. The minimum Gasteiger partial charge on any atom is -0.397 e. The van der Waals surface area contributed by atoms with Gasteiger partial charge in [-0.15, -0.1) is 0 Å². The number of nitrogen functional groups attached to an aromatic ring is 1. The third-order valence-corrected chi connectivity index (χ3v) is 3.35. The minimum absolute atomic E-state index is 0.159. The Morgan fingerprint density at radius 2 is 2.47 bits per heavy atom. The Kier molecular flexibility index (Phi) is 3.63. The van der Waals surface area contributed by atoms with Crippen molar-refractivity contribution in [3.05, 3.63) is 16.7 Å². The average Bonchev–Trinajstić information content (AvgIpc) is 2.68. The van der Waals surface area contributed by atoms with Crippen LogP contribution < -0.4 is 11.1 Å². The lowest BCUT2D eigenvalue weighted by Crippen LogP contribution is -2.31. The molecule has 0 spiro atoms. The molecule has 1 aromatic heterocycles. The normalized spacial score (nSPS) is 23.6. The van der Waals surface area contributed by atoms with Gasteiger partial charge in [-0.25, -0.2) is 4.98 Å². The van der Waals surface area contributed by atoms with Crippen molar-refractivity contribution in [2.75, 3.05) is 17.7 Å². The van der Waals surface area contributed by atoms with Gasteiger partial charge in [-0.3, -0.25) is 4.79 Å². The molecule has 5 nitrogen and oxygen atoms in total. The third kappa shape index (κ3) is 2.76. The number of nitrogens with one attached hydrogen (secondary N) is 1. The van der Waals surface area contributed by atoms with Gasteiger partial charge in [-0.05, 0) is 34.3 Å². The highest BCUT2D eigenvalue weighted by Gasteiger charge is 2.31. The molecule has 3 N–H and O–H groups in total. The van der Waals surface area contributed by atoms with Crippen LogP contribution in [0.1, 0.15) is 13.3 Å². The number of amides is 1. The van der Waals surface area contributed by atoms with E-state index in [1.807, 2.05) is 6.92 Å². The van der Waals surface area contributed by atoms with Gasteiger partial charge in [0.15, 0.2) is 0 Å². The fourth-order valence-electron chi connectivity index (χ4n) is 1.76. The number of rotatable bonds is 2. The fraction of sp³-hybridized carbons (Fsp3) is 0.455. The number of aromatic nitrogens is 1. The molecule has 2 atom stereocenters. The second-order valence-corrected chi connectivity index (χ2v) is 5.00. The van der Waals surface area contributed by atoms with E-state index < -0.39 is 0 Å². The standard InChI is InChI=1S/C11H14BrN3O2/c1-6-2-3-17-9(6)11(16)15-10-8(12)4-7(13)5-14-10/h4-6,9H,2-3,13H2,1H3,(H,14,15,16). The summed E-state index contributed by atoms with van der Waals surface area (Å²) >= 11 is 3.30. The first kappa shape index (κ1) is 12.3. The maximum Gasteiger partial charge on any atom is 0.254 e. The van der Waals surface area contributed by atoms with E-state index in [2.05, 4.69) is 26.2 Å². The van der Waals surface area contributed by atoms with Gasteiger partial charge < -0.3 is 15.8 Å². The van der Waals surface area contributed by atoms with E-state index in [9.17, 15) is 4.79 Å². The first-order valence-corrected chi connectivity index (χ1v) is 6.20. The summed E-state index contributed by atoms with van der Waals surface area (Å²) in [6.45, 7) is 2.64. The van der Waals surface area contributed by atoms with Crippen LogP contribution in [0.25, 0.3) is 0 Å². The Hall–Kier alpha value is -1.14. The van der Waals surface area contributed by atoms with Crippen molar-refractivity contribution in [1.29, 1.82) is 0 Å². The Morgan fingerprint density at radius 3 is 3.06 bits per heavy atom. The molecule has 17 heavy (non-hydrogen) atoms. The number of ether oxygens (including phenoxy) is 1. The molecule has 1 saturated heterocycles. The molecule has 0 aliphatic carbocycles. The van der Waals surface area contributed by atoms with Gasteiger partial charge in [-0.2, -0.15) is 0 Å². The van der Waals surface area contributed by atoms with Gasteiger partial charge >= 0.3 is 0 Å². The van der Waals surface area contributed by atoms with Crippen LogP contribution in [0.2, 0.25) is 0 Å². The summed E-state index contributed by atoms with van der Waals surface area (Å²) in [4.78, 5) is 16.0. The summed E-state index contributed by atoms with van der Waals surface area (Å²) in [6.07, 6.45) is 2.02. The average molecular weight is 300 g/mol. The number of anilines is 2. The molecule has 0 aromatic carbocycles. The molecular formula is C11H14BrN3O2. The van der Waals surface area contributed by atoms with Crippen LogP contribution in [0.5, 0.6) is 0 Å². The highest BCUT2D eigenvalue weighted by molar-refractivity contribution is 9.10. The van der Waals surface area contributed by atoms with E-state index >= 15 is 0 Å². The van der Waals surface area contributed by atoms with Gasteiger partial charge in [0.25, 0.3) is 5.91 Å². The largest absolute Gasteiger partial charge is 0.397 e. The minimum atomic E-state index is -0.388. The third-order valence-electron chi connectivity index (χ3n) is 2.75. The molecule has 0 radical (unpaired) electrons. The lowest BCUT2D eigenvalue weighted by Gasteiger charge is -2.14. The summed E-state index contributed by atoms with van der Waals surface area (Å²) in [5, 5.41) is 2.73. The Bertz CT molecular complexity index is 439. The number of nitrogens with zero attached hydrogens (tertiary/aromatic N) is 1. The van der Waals surface area contributed by atoms with Gasteiger partial charge in [0.1, 0.15) is 11.9 Å². The Labute approximate surface area is 108 Å². The zero-order valence-corrected chi connectivity index (χ0v) is 11.0. The predicted octanol–water partition coefficient (Wildman–Crippen LogP) is 1.79. The van der Waals surface area contributed by atoms with Crippen molar-refractivity contribution in [2.45, 2.75) is 19.4 Å². The number of hydrogen-bond acceptors (Lipinski definition) is 4. The summed E-state index contributed by atoms with van der Waals surface area (Å²) in [5.41, 5.74) is 6.11. The molecule has 92 valence electrons. The second-order valence-electron chi connectivity index (χ2n) is 4.15. The predicted molar refractivity (Wildman–Crippen MR) is 68.5 cm³/mol. The van der Waals surface area contributed by atoms with E-state index in [1.165, 1.54) is 6.20 Å². The molecule has 2 unspecified atom stereocenters. The van der Waals surface area contributed by atoms with Gasteiger partial charge in [-0.1, -0.05) is 6.92 Å². The number of pyridine rings is 1. The van der Waals surface area contributed by atoms with Crippen LogP contribution in [0.4, 0.5) is 11.5 Å². The van der Waals surface area contributed by atoms with Gasteiger partial charge in [0, 0.05) is 6.61 Å². The molecule has 1 amide bonds. The molecule has 2 rings (SSSR count). The zero-order valence-electron chi connectivity index (χ0n) is 9.44. The lowest BCUT2D eigenvalue weighted by atomic mass is 10.0. The SMILES string of the molecule is CC1CCOC1C(=O)Nc1ncc(N)cc1Br. The van der Waals surface area contributed by atoms with E-state index in [1.54, 1.807) is 6.07 Å². The van der Waals surface area contributed by atoms with E-state index in [-0.39, 0.29) is 17.9 Å². The number of halogens is 1. The summed E-state index contributed by atoms with van der Waals surface area (Å²) in [7, 11) is 0. The van der Waals surface area contributed by atoms with E-state index in [0.717, 1.165) is 6.42 Å². The Morgan fingerprint density at radius 1 is 1.71 bits per heavy atom. The van der Waals surface area contributed by atoms with Gasteiger partial charge in [0.2, 0.25) is 0 Å². The Balaban J connectivity index is 2.07. The molecule has 1 aromatic rings. The number of carbonyl (C=O) groups excluding carboxylic acids is 1. The summed E-state index contributed by atoms with van der Waals surface area (Å²) < 4.78 is 6.05. The van der Waals surface area contributed by atoms with Crippen LogP contribution in [-0.4, -0.2) is 23.6 Å². The molecular weight excluding hydrogens is 286 g/mol. The molecule has 6 heteroatoms. The maximum absolute atomic E-state index is 11.9.